The molecule has 2 amide bonds. The summed E-state index contributed by atoms with van der Waals surface area (Å²) in [5, 5.41) is 20.4. The second kappa shape index (κ2) is 16.0. The van der Waals surface area contributed by atoms with E-state index in [1.54, 1.807) is 6.08 Å². The minimum Gasteiger partial charge on any atom is -0.478 e. The highest BCUT2D eigenvalue weighted by Crippen LogP contribution is 2.47. The van der Waals surface area contributed by atoms with Crippen LogP contribution >= 0.6 is 0 Å². The third-order valence-electron chi connectivity index (χ3n) is 11.6. The number of hydrogen-bond donors (Lipinski definition) is 4. The highest BCUT2D eigenvalue weighted by atomic mass is 16.4. The van der Waals surface area contributed by atoms with Crippen LogP contribution < -0.4 is 16.0 Å². The SMILES string of the molecule is CN(C)CCNC(=O)C1Cc2ccccc2-c2c(C3CCCCC3)c3ccc(C(=O)NC4(CNc5ccc(/C=C/C(=O)O)cc5)CCCC4)cc3n2C1. The number of carboxylic acid groups (broad SMARTS) is 1. The molecule has 278 valence electrons. The maximum atomic E-state index is 14.2. The van der Waals surface area contributed by atoms with E-state index in [4.69, 9.17) is 5.11 Å². The van der Waals surface area contributed by atoms with Crippen molar-refractivity contribution in [2.24, 2.45) is 5.92 Å². The molecule has 4 aromatic rings. The molecule has 2 heterocycles. The van der Waals surface area contributed by atoms with E-state index in [9.17, 15) is 14.4 Å². The minimum absolute atomic E-state index is 0.0755. The van der Waals surface area contributed by atoms with E-state index < -0.39 is 5.97 Å². The molecule has 2 aliphatic carbocycles. The molecule has 2 fully saturated rings. The van der Waals surface area contributed by atoms with Gasteiger partial charge in [0.2, 0.25) is 5.91 Å². The van der Waals surface area contributed by atoms with Crippen molar-refractivity contribution in [2.45, 2.75) is 82.2 Å². The van der Waals surface area contributed by atoms with Gasteiger partial charge in [-0.15, -0.1) is 0 Å². The van der Waals surface area contributed by atoms with Crippen LogP contribution in [0.4, 0.5) is 5.69 Å². The van der Waals surface area contributed by atoms with Crippen LogP contribution in [0.5, 0.6) is 0 Å². The molecule has 0 bridgehead atoms. The minimum atomic E-state index is -0.977. The summed E-state index contributed by atoms with van der Waals surface area (Å²) in [5.41, 5.74) is 8.05. The molecular weight excluding hydrogens is 663 g/mol. The molecule has 1 aliphatic heterocycles. The molecule has 0 radical (unpaired) electrons. The summed E-state index contributed by atoms with van der Waals surface area (Å²) < 4.78 is 2.38. The molecule has 0 saturated heterocycles. The lowest BCUT2D eigenvalue weighted by Gasteiger charge is -2.31. The Kier molecular flexibility index (Phi) is 11.0. The zero-order valence-corrected chi connectivity index (χ0v) is 31.1. The zero-order chi connectivity index (χ0) is 37.0. The smallest absolute Gasteiger partial charge is 0.328 e. The topological polar surface area (TPSA) is 116 Å². The Bertz CT molecular complexity index is 1980. The third-order valence-corrected chi connectivity index (χ3v) is 11.6. The summed E-state index contributed by atoms with van der Waals surface area (Å²) in [6.45, 7) is 2.55. The van der Waals surface area contributed by atoms with Crippen molar-refractivity contribution < 1.29 is 19.5 Å². The summed E-state index contributed by atoms with van der Waals surface area (Å²) in [6, 6.07) is 22.5. The third kappa shape index (κ3) is 8.20. The molecule has 1 aromatic heterocycles. The Morgan fingerprint density at radius 1 is 0.943 bits per heavy atom. The van der Waals surface area contributed by atoms with Crippen molar-refractivity contribution >= 4 is 40.4 Å². The first-order chi connectivity index (χ1) is 25.7. The maximum Gasteiger partial charge on any atom is 0.328 e. The number of carboxylic acids is 1. The van der Waals surface area contributed by atoms with Gasteiger partial charge in [0.05, 0.1) is 17.2 Å². The second-order valence-electron chi connectivity index (χ2n) is 15.7. The monoisotopic (exact) mass is 715 g/mol. The molecule has 4 N–H and O–H groups in total. The van der Waals surface area contributed by atoms with Gasteiger partial charge in [0, 0.05) is 60.0 Å². The summed E-state index contributed by atoms with van der Waals surface area (Å²) >= 11 is 0. The molecule has 3 aliphatic rings. The summed E-state index contributed by atoms with van der Waals surface area (Å²) in [4.78, 5) is 41.0. The molecule has 2 saturated carbocycles. The molecule has 3 aromatic carbocycles. The number of amides is 2. The summed E-state index contributed by atoms with van der Waals surface area (Å²) in [7, 11) is 4.03. The first-order valence-corrected chi connectivity index (χ1v) is 19.4. The Morgan fingerprint density at radius 2 is 1.70 bits per heavy atom. The molecule has 9 heteroatoms. The quantitative estimate of drug-likeness (QED) is 0.113. The number of carbonyl (C=O) groups is 3. The highest BCUT2D eigenvalue weighted by Gasteiger charge is 2.37. The van der Waals surface area contributed by atoms with E-state index in [-0.39, 0.29) is 23.3 Å². The van der Waals surface area contributed by atoms with Gasteiger partial charge in [0.1, 0.15) is 0 Å². The van der Waals surface area contributed by atoms with E-state index >= 15 is 0 Å². The number of carbonyl (C=O) groups excluding carboxylic acids is 2. The number of aliphatic carboxylic acids is 1. The van der Waals surface area contributed by atoms with Crippen molar-refractivity contribution in [2.75, 3.05) is 39.0 Å². The lowest BCUT2D eigenvalue weighted by molar-refractivity contribution is -0.131. The molecule has 9 nitrogen and oxygen atoms in total. The van der Waals surface area contributed by atoms with Crippen molar-refractivity contribution in [3.8, 4) is 11.3 Å². The molecule has 53 heavy (non-hydrogen) atoms. The lowest BCUT2D eigenvalue weighted by Crippen LogP contribution is -2.51. The van der Waals surface area contributed by atoms with Crippen molar-refractivity contribution in [3.05, 3.63) is 95.1 Å². The number of rotatable bonds is 12. The molecular formula is C44H53N5O4. The Balaban J connectivity index is 1.20. The largest absolute Gasteiger partial charge is 0.478 e. The number of benzene rings is 3. The van der Waals surface area contributed by atoms with Crippen molar-refractivity contribution in [1.82, 2.24) is 20.1 Å². The first kappa shape index (κ1) is 36.5. The number of likely N-dealkylation sites (N-methyl/N-ethyl adjacent to an activating group) is 1. The van der Waals surface area contributed by atoms with Gasteiger partial charge in [-0.2, -0.15) is 0 Å². The van der Waals surface area contributed by atoms with Gasteiger partial charge in [0.25, 0.3) is 5.91 Å². The Morgan fingerprint density at radius 3 is 2.43 bits per heavy atom. The van der Waals surface area contributed by atoms with Crippen LogP contribution in [0, 0.1) is 5.92 Å². The summed E-state index contributed by atoms with van der Waals surface area (Å²) in [6.07, 6.45) is 13.3. The van der Waals surface area contributed by atoms with Crippen molar-refractivity contribution in [1.29, 1.82) is 0 Å². The fraction of sp³-hybridized carbons (Fsp3) is 0.432. The van der Waals surface area contributed by atoms with E-state index in [1.807, 2.05) is 44.4 Å². The standard InChI is InChI=1S/C44H53N5O4/c1-48(2)25-24-45-42(52)34-26-32-12-6-7-13-36(32)41-40(31-10-4-3-5-11-31)37-20-17-33(27-38(37)49(41)28-34)43(53)47-44(22-8-9-23-44)29-46-35-18-14-30(15-19-35)16-21-39(50)51/h6-7,12-21,27,31,34,46H,3-5,8-11,22-26,28-29H2,1-2H3,(H,45,52)(H,47,53)(H,50,51)/b21-16+. The number of aromatic nitrogens is 1. The van der Waals surface area contributed by atoms with Crippen LogP contribution in [0.2, 0.25) is 0 Å². The van der Waals surface area contributed by atoms with Crippen molar-refractivity contribution in [3.63, 3.8) is 0 Å². The predicted octanol–water partition coefficient (Wildman–Crippen LogP) is 7.46. The Hall–Kier alpha value is -4.89. The average molecular weight is 716 g/mol. The van der Waals surface area contributed by atoms with E-state index in [1.165, 1.54) is 47.0 Å². The Labute approximate surface area is 312 Å². The highest BCUT2D eigenvalue weighted by molar-refractivity contribution is 6.01. The van der Waals surface area contributed by atoms with Crippen LogP contribution in [0.15, 0.2) is 72.8 Å². The molecule has 1 atom stereocenters. The van der Waals surface area contributed by atoms with Gasteiger partial charge < -0.3 is 30.5 Å². The van der Waals surface area contributed by atoms with Crippen LogP contribution in [-0.4, -0.2) is 71.6 Å². The number of nitrogens with zero attached hydrogens (tertiary/aromatic N) is 2. The summed E-state index contributed by atoms with van der Waals surface area (Å²) in [5.74, 6) is -0.772. The van der Waals surface area contributed by atoms with Gasteiger partial charge in [-0.1, -0.05) is 74.6 Å². The molecule has 7 rings (SSSR count). The van der Waals surface area contributed by atoms with Gasteiger partial charge in [0.15, 0.2) is 0 Å². The maximum absolute atomic E-state index is 14.2. The van der Waals surface area contributed by atoms with E-state index in [0.717, 1.165) is 67.9 Å². The number of fused-ring (bicyclic) bond motifs is 5. The van der Waals surface area contributed by atoms with Gasteiger partial charge in [-0.05, 0) is 99.1 Å². The average Bonchev–Trinajstić information content (AvgIpc) is 3.70. The van der Waals surface area contributed by atoms with Crippen LogP contribution in [-0.2, 0) is 22.6 Å². The van der Waals surface area contributed by atoms with E-state index in [0.29, 0.717) is 37.5 Å². The van der Waals surface area contributed by atoms with Gasteiger partial charge >= 0.3 is 5.97 Å². The second-order valence-corrected chi connectivity index (χ2v) is 15.7. The number of hydrogen-bond acceptors (Lipinski definition) is 5. The predicted molar refractivity (Wildman–Crippen MR) is 212 cm³/mol. The van der Waals surface area contributed by atoms with Crippen LogP contribution in [0.1, 0.15) is 90.8 Å². The first-order valence-electron chi connectivity index (χ1n) is 19.4. The fourth-order valence-corrected chi connectivity index (χ4v) is 8.87. The van der Waals surface area contributed by atoms with Crippen LogP contribution in [0.3, 0.4) is 0 Å². The molecule has 0 spiro atoms. The fourth-order valence-electron chi connectivity index (χ4n) is 8.87. The van der Waals surface area contributed by atoms with Crippen LogP contribution in [0.25, 0.3) is 28.2 Å². The van der Waals surface area contributed by atoms with E-state index in [2.05, 4.69) is 61.8 Å². The van der Waals surface area contributed by atoms with Gasteiger partial charge in [-0.25, -0.2) is 4.79 Å². The zero-order valence-electron chi connectivity index (χ0n) is 31.1. The normalized spacial score (nSPS) is 18.4. The molecule has 1 unspecified atom stereocenters. The number of anilines is 1. The van der Waals surface area contributed by atoms with Gasteiger partial charge in [-0.3, -0.25) is 9.59 Å². The lowest BCUT2D eigenvalue weighted by atomic mass is 9.81. The number of nitrogens with one attached hydrogen (secondary N) is 3.